The zero-order valence-corrected chi connectivity index (χ0v) is 11.6. The monoisotopic (exact) mass is 316 g/mol. The Morgan fingerprint density at radius 1 is 1.29 bits per heavy atom. The summed E-state index contributed by atoms with van der Waals surface area (Å²) in [5, 5.41) is 1.86. The highest BCUT2D eigenvalue weighted by molar-refractivity contribution is 9.10. The normalized spacial score (nSPS) is 18.6. The Labute approximate surface area is 110 Å². The van der Waals surface area contributed by atoms with Crippen LogP contribution < -0.4 is 0 Å². The summed E-state index contributed by atoms with van der Waals surface area (Å²) in [6, 6.07) is 1.80. The predicted molar refractivity (Wildman–Crippen MR) is 66.3 cm³/mol. The van der Waals surface area contributed by atoms with Gasteiger partial charge in [0.2, 0.25) is 0 Å². The maximum Gasteiger partial charge on any atom is 0.348 e. The van der Waals surface area contributed by atoms with Gasteiger partial charge in [0.15, 0.2) is 0 Å². The van der Waals surface area contributed by atoms with E-state index < -0.39 is 17.7 Å². The number of cyclic esters (lactones) is 2. The third kappa shape index (κ3) is 2.76. The van der Waals surface area contributed by atoms with Gasteiger partial charge < -0.3 is 9.47 Å². The van der Waals surface area contributed by atoms with E-state index >= 15 is 0 Å². The molecule has 6 heteroatoms. The van der Waals surface area contributed by atoms with Gasteiger partial charge >= 0.3 is 11.9 Å². The van der Waals surface area contributed by atoms with Crippen LogP contribution >= 0.6 is 27.3 Å². The van der Waals surface area contributed by atoms with Crippen molar-refractivity contribution < 1.29 is 19.1 Å². The van der Waals surface area contributed by atoms with Gasteiger partial charge in [-0.2, -0.15) is 0 Å². The molecule has 0 saturated carbocycles. The van der Waals surface area contributed by atoms with Crippen LogP contribution in [0.2, 0.25) is 0 Å². The molecular weight excluding hydrogens is 308 g/mol. The molecule has 1 fully saturated rings. The average Bonchev–Trinajstić information content (AvgIpc) is 2.56. The molecule has 2 heterocycles. The molecule has 0 radical (unpaired) electrons. The van der Waals surface area contributed by atoms with Crippen LogP contribution in [-0.4, -0.2) is 17.7 Å². The quantitative estimate of drug-likeness (QED) is 0.454. The van der Waals surface area contributed by atoms with Crippen molar-refractivity contribution in [3.63, 3.8) is 0 Å². The molecule has 90 valence electrons. The molecule has 0 aliphatic carbocycles. The third-order valence-corrected chi connectivity index (χ3v) is 3.63. The van der Waals surface area contributed by atoms with Gasteiger partial charge in [-0.05, 0) is 28.1 Å². The summed E-state index contributed by atoms with van der Waals surface area (Å²) in [6.07, 6.45) is 1.47. The first-order valence-corrected chi connectivity index (χ1v) is 6.47. The zero-order valence-electron chi connectivity index (χ0n) is 9.15. The predicted octanol–water partition coefficient (Wildman–Crippen LogP) is 2.73. The van der Waals surface area contributed by atoms with Gasteiger partial charge in [-0.3, -0.25) is 0 Å². The van der Waals surface area contributed by atoms with Crippen molar-refractivity contribution in [1.82, 2.24) is 0 Å². The molecule has 0 amide bonds. The van der Waals surface area contributed by atoms with E-state index in [1.807, 2.05) is 5.38 Å². The number of carbonyl (C=O) groups excluding carboxylic acids is 2. The maximum absolute atomic E-state index is 11.6. The van der Waals surface area contributed by atoms with E-state index in [2.05, 4.69) is 15.9 Å². The Hall–Kier alpha value is -1.14. The number of esters is 2. The van der Waals surface area contributed by atoms with E-state index in [0.717, 1.165) is 9.35 Å². The maximum atomic E-state index is 11.6. The lowest BCUT2D eigenvalue weighted by atomic mass is 10.2. The second kappa shape index (κ2) is 4.27. The molecule has 1 aromatic heterocycles. The van der Waals surface area contributed by atoms with Crippen molar-refractivity contribution in [2.75, 3.05) is 0 Å². The van der Waals surface area contributed by atoms with Crippen molar-refractivity contribution in [2.45, 2.75) is 19.6 Å². The fourth-order valence-electron chi connectivity index (χ4n) is 1.32. The molecule has 4 nitrogen and oxygen atoms in total. The van der Waals surface area contributed by atoms with Gasteiger partial charge in [0, 0.05) is 28.6 Å². The SMILES string of the molecule is CC1(C)OC(=O)C(=Cc2cc(Br)cs2)C(=O)O1. The Kier molecular flexibility index (Phi) is 3.09. The van der Waals surface area contributed by atoms with Crippen LogP contribution in [0.5, 0.6) is 0 Å². The van der Waals surface area contributed by atoms with Crippen molar-refractivity contribution in [2.24, 2.45) is 0 Å². The van der Waals surface area contributed by atoms with Gasteiger partial charge in [0.1, 0.15) is 5.57 Å². The van der Waals surface area contributed by atoms with Crippen LogP contribution in [0.1, 0.15) is 18.7 Å². The summed E-state index contributed by atoms with van der Waals surface area (Å²) in [7, 11) is 0. The van der Waals surface area contributed by atoms with Gasteiger partial charge in [-0.15, -0.1) is 11.3 Å². The van der Waals surface area contributed by atoms with Gasteiger partial charge in [0.05, 0.1) is 0 Å². The van der Waals surface area contributed by atoms with Crippen LogP contribution in [0.15, 0.2) is 21.5 Å². The smallest absolute Gasteiger partial charge is 0.348 e. The van der Waals surface area contributed by atoms with Gasteiger partial charge in [-0.1, -0.05) is 0 Å². The minimum Gasteiger partial charge on any atom is -0.419 e. The van der Waals surface area contributed by atoms with Crippen LogP contribution in [0.3, 0.4) is 0 Å². The highest BCUT2D eigenvalue weighted by atomic mass is 79.9. The largest absolute Gasteiger partial charge is 0.419 e. The molecule has 0 spiro atoms. The topological polar surface area (TPSA) is 52.6 Å². The number of halogens is 1. The first-order chi connectivity index (χ1) is 7.87. The summed E-state index contributed by atoms with van der Waals surface area (Å²) in [4.78, 5) is 24.0. The number of rotatable bonds is 1. The lowest BCUT2D eigenvalue weighted by Crippen LogP contribution is -2.41. The molecule has 17 heavy (non-hydrogen) atoms. The fourth-order valence-corrected chi connectivity index (χ4v) is 2.70. The summed E-state index contributed by atoms with van der Waals surface area (Å²) < 4.78 is 10.9. The number of thiophene rings is 1. The molecule has 1 aromatic rings. The molecule has 0 bridgehead atoms. The number of carbonyl (C=O) groups is 2. The highest BCUT2D eigenvalue weighted by Gasteiger charge is 2.38. The number of hydrogen-bond acceptors (Lipinski definition) is 5. The van der Waals surface area contributed by atoms with Gasteiger partial charge in [0.25, 0.3) is 5.79 Å². The Balaban J connectivity index is 2.30. The molecule has 1 saturated heterocycles. The van der Waals surface area contributed by atoms with E-state index in [4.69, 9.17) is 9.47 Å². The van der Waals surface area contributed by atoms with E-state index in [9.17, 15) is 9.59 Å². The first kappa shape index (κ1) is 12.3. The molecule has 0 atom stereocenters. The summed E-state index contributed by atoms with van der Waals surface area (Å²) >= 11 is 4.70. The first-order valence-electron chi connectivity index (χ1n) is 4.80. The minimum atomic E-state index is -1.19. The average molecular weight is 317 g/mol. The molecule has 1 aliphatic heterocycles. The Bertz CT molecular complexity index is 493. The van der Waals surface area contributed by atoms with E-state index in [-0.39, 0.29) is 5.57 Å². The number of hydrogen-bond donors (Lipinski definition) is 0. The second-order valence-electron chi connectivity index (χ2n) is 3.90. The lowest BCUT2D eigenvalue weighted by molar-refractivity contribution is -0.222. The van der Waals surface area contributed by atoms with E-state index in [1.54, 1.807) is 6.07 Å². The number of ether oxygens (including phenoxy) is 2. The van der Waals surface area contributed by atoms with Crippen molar-refractivity contribution in [3.05, 3.63) is 26.4 Å². The van der Waals surface area contributed by atoms with Crippen molar-refractivity contribution in [3.8, 4) is 0 Å². The van der Waals surface area contributed by atoms with Crippen LogP contribution in [0, 0.1) is 0 Å². The second-order valence-corrected chi connectivity index (χ2v) is 5.76. The van der Waals surface area contributed by atoms with Gasteiger partial charge in [-0.25, -0.2) is 9.59 Å². The van der Waals surface area contributed by atoms with Crippen LogP contribution in [-0.2, 0) is 19.1 Å². The Morgan fingerprint density at radius 2 is 1.88 bits per heavy atom. The molecule has 0 unspecified atom stereocenters. The molecular formula is C11H9BrO4S. The highest BCUT2D eigenvalue weighted by Crippen LogP contribution is 2.27. The molecule has 0 N–H and O–H groups in total. The fraction of sp³-hybridized carbons (Fsp3) is 0.273. The lowest BCUT2D eigenvalue weighted by Gasteiger charge is -2.29. The standard InChI is InChI=1S/C11H9BrO4S/c1-11(2)15-9(13)8(10(14)16-11)4-7-3-6(12)5-17-7/h3-5H,1-2H3. The Morgan fingerprint density at radius 3 is 2.35 bits per heavy atom. The summed E-state index contributed by atoms with van der Waals surface area (Å²) in [5.74, 6) is -2.51. The van der Waals surface area contributed by atoms with Crippen LogP contribution in [0.4, 0.5) is 0 Å². The van der Waals surface area contributed by atoms with E-state index in [0.29, 0.717) is 0 Å². The van der Waals surface area contributed by atoms with E-state index in [1.165, 1.54) is 31.3 Å². The van der Waals surface area contributed by atoms with Crippen molar-refractivity contribution >= 4 is 45.3 Å². The molecule has 1 aliphatic rings. The zero-order chi connectivity index (χ0) is 12.6. The third-order valence-electron chi connectivity index (χ3n) is 1.99. The van der Waals surface area contributed by atoms with Crippen LogP contribution in [0.25, 0.3) is 6.08 Å². The molecule has 0 aromatic carbocycles. The molecule has 2 rings (SSSR count). The summed E-state index contributed by atoms with van der Waals surface area (Å²) in [5.41, 5.74) is -0.0846. The minimum absolute atomic E-state index is 0.0846. The van der Waals surface area contributed by atoms with Crippen molar-refractivity contribution in [1.29, 1.82) is 0 Å². The summed E-state index contributed by atoms with van der Waals surface area (Å²) in [6.45, 7) is 3.03.